The zero-order valence-corrected chi connectivity index (χ0v) is 12.2. The van der Waals surface area contributed by atoms with Crippen molar-refractivity contribution in [1.82, 2.24) is 0 Å². The van der Waals surface area contributed by atoms with Gasteiger partial charge in [-0.3, -0.25) is 10.5 Å². The van der Waals surface area contributed by atoms with Gasteiger partial charge in [0.2, 0.25) is 0 Å². The molecule has 2 N–H and O–H groups in total. The van der Waals surface area contributed by atoms with Crippen molar-refractivity contribution in [3.63, 3.8) is 0 Å². The van der Waals surface area contributed by atoms with Crippen LogP contribution in [0.25, 0.3) is 5.70 Å². The first-order valence-corrected chi connectivity index (χ1v) is 6.45. The molecule has 5 heteroatoms. The Kier molecular flexibility index (Phi) is 3.48. The summed E-state index contributed by atoms with van der Waals surface area (Å²) >= 11 is 0. The van der Waals surface area contributed by atoms with Gasteiger partial charge in [0.25, 0.3) is 5.85 Å². The Bertz CT molecular complexity index is 599. The molecule has 2 rings (SSSR count). The van der Waals surface area contributed by atoms with Crippen LogP contribution >= 0.6 is 0 Å². The van der Waals surface area contributed by atoms with Crippen LogP contribution in [0.3, 0.4) is 0 Å². The van der Waals surface area contributed by atoms with E-state index in [2.05, 4.69) is 10.2 Å². The van der Waals surface area contributed by atoms with Crippen LogP contribution in [0.5, 0.6) is 0 Å². The number of benzene rings is 1. The van der Waals surface area contributed by atoms with Gasteiger partial charge in [-0.25, -0.2) is 0 Å². The van der Waals surface area contributed by atoms with Crippen LogP contribution in [0.1, 0.15) is 31.9 Å². The number of hydrogen-bond donors (Lipinski definition) is 1. The predicted octanol–water partition coefficient (Wildman–Crippen LogP) is 3.00. The Hall–Kier alpha value is -2.01. The highest BCUT2D eigenvalue weighted by Crippen LogP contribution is 2.31. The fourth-order valence-corrected chi connectivity index (χ4v) is 1.73. The molecule has 1 unspecified atom stereocenters. The first-order chi connectivity index (χ1) is 9.21. The van der Waals surface area contributed by atoms with E-state index in [0.717, 1.165) is 11.1 Å². The molecule has 5 nitrogen and oxygen atoms in total. The normalized spacial score (nSPS) is 21.8. The average Bonchev–Trinajstić information content (AvgIpc) is 2.71. The van der Waals surface area contributed by atoms with Crippen LogP contribution < -0.4 is 5.73 Å². The maximum absolute atomic E-state index is 11.9. The highest BCUT2D eigenvalue weighted by Gasteiger charge is 2.36. The highest BCUT2D eigenvalue weighted by molar-refractivity contribution is 5.77. The number of hydrogen-bond acceptors (Lipinski definition) is 5. The first kappa shape index (κ1) is 14.4. The fraction of sp³-hybridized carbons (Fsp3) is 0.400. The highest BCUT2D eigenvalue weighted by atomic mass is 16.6. The van der Waals surface area contributed by atoms with Crippen molar-refractivity contribution < 1.29 is 9.53 Å². The summed E-state index contributed by atoms with van der Waals surface area (Å²) in [7, 11) is 0. The quantitative estimate of drug-likeness (QED) is 0.664. The summed E-state index contributed by atoms with van der Waals surface area (Å²) in [5.74, 6) is -1.93. The molecule has 0 saturated carbocycles. The molecule has 1 aliphatic heterocycles. The molecule has 0 aliphatic carbocycles. The molecular weight excluding hydrogens is 254 g/mol. The molecule has 0 fully saturated rings. The number of aryl methyl sites for hydroxylation is 1. The van der Waals surface area contributed by atoms with Crippen LogP contribution in [-0.4, -0.2) is 11.8 Å². The molecule has 0 saturated heterocycles. The molecule has 1 aromatic carbocycles. The Morgan fingerprint density at radius 3 is 2.55 bits per heavy atom. The number of carbonyl (C=O) groups excluding carboxylic acids is 1. The molecule has 1 aliphatic rings. The average molecular weight is 273 g/mol. The lowest BCUT2D eigenvalue weighted by molar-refractivity contribution is -0.163. The van der Waals surface area contributed by atoms with Gasteiger partial charge in [0.05, 0.1) is 11.1 Å². The molecule has 20 heavy (non-hydrogen) atoms. The van der Waals surface area contributed by atoms with Crippen molar-refractivity contribution in [1.29, 1.82) is 0 Å². The van der Waals surface area contributed by atoms with E-state index in [4.69, 9.17) is 10.5 Å². The van der Waals surface area contributed by atoms with E-state index < -0.39 is 17.2 Å². The van der Waals surface area contributed by atoms with Gasteiger partial charge >= 0.3 is 5.97 Å². The van der Waals surface area contributed by atoms with E-state index in [9.17, 15) is 4.79 Å². The van der Waals surface area contributed by atoms with Crippen molar-refractivity contribution >= 4 is 11.7 Å². The summed E-state index contributed by atoms with van der Waals surface area (Å²) in [6, 6.07) is 7.76. The van der Waals surface area contributed by atoms with Crippen molar-refractivity contribution in [2.75, 3.05) is 0 Å². The fourth-order valence-electron chi connectivity index (χ4n) is 1.73. The van der Waals surface area contributed by atoms with E-state index >= 15 is 0 Å². The van der Waals surface area contributed by atoms with Crippen molar-refractivity contribution in [2.45, 2.75) is 33.5 Å². The third-order valence-electron chi connectivity index (χ3n) is 2.95. The minimum atomic E-state index is -1.51. The SMILES string of the molecule is Cc1ccccc1C1=CC(N)(OC(=O)C(C)(C)C)N=N1. The summed E-state index contributed by atoms with van der Waals surface area (Å²) < 4.78 is 5.26. The monoisotopic (exact) mass is 273 g/mol. The van der Waals surface area contributed by atoms with Crippen LogP contribution in [-0.2, 0) is 9.53 Å². The van der Waals surface area contributed by atoms with Crippen molar-refractivity contribution in [3.05, 3.63) is 41.5 Å². The van der Waals surface area contributed by atoms with Gasteiger partial charge in [-0.2, -0.15) is 0 Å². The smallest absolute Gasteiger partial charge is 0.314 e. The van der Waals surface area contributed by atoms with E-state index in [0.29, 0.717) is 5.70 Å². The number of esters is 1. The molecule has 0 aromatic heterocycles. The summed E-state index contributed by atoms with van der Waals surface area (Å²) in [5, 5.41) is 7.93. The minimum Gasteiger partial charge on any atom is -0.417 e. The van der Waals surface area contributed by atoms with E-state index in [1.165, 1.54) is 0 Å². The van der Waals surface area contributed by atoms with E-state index in [1.807, 2.05) is 31.2 Å². The second-order valence-electron chi connectivity index (χ2n) is 5.94. The molecule has 0 amide bonds. The van der Waals surface area contributed by atoms with E-state index in [-0.39, 0.29) is 0 Å². The summed E-state index contributed by atoms with van der Waals surface area (Å²) in [6.07, 6.45) is 1.57. The lowest BCUT2D eigenvalue weighted by atomic mass is 9.97. The minimum absolute atomic E-state index is 0.416. The van der Waals surface area contributed by atoms with Crippen LogP contribution in [0.2, 0.25) is 0 Å². The second kappa shape index (κ2) is 4.83. The van der Waals surface area contributed by atoms with Crippen LogP contribution in [0.15, 0.2) is 40.6 Å². The van der Waals surface area contributed by atoms with Gasteiger partial charge in [0.1, 0.15) is 0 Å². The number of carbonyl (C=O) groups is 1. The number of ether oxygens (including phenoxy) is 1. The lowest BCUT2D eigenvalue weighted by Crippen LogP contribution is -2.42. The van der Waals surface area contributed by atoms with Gasteiger partial charge in [-0.1, -0.05) is 24.3 Å². The molecule has 0 spiro atoms. The Balaban J connectivity index is 2.25. The van der Waals surface area contributed by atoms with Crippen molar-refractivity contribution in [3.8, 4) is 0 Å². The third-order valence-corrected chi connectivity index (χ3v) is 2.95. The van der Waals surface area contributed by atoms with Gasteiger partial charge in [0.15, 0.2) is 0 Å². The standard InChI is InChI=1S/C15H19N3O2/c1-10-7-5-6-8-11(10)12-9-15(16,18-17-12)20-13(19)14(2,3)4/h5-9H,16H2,1-4H3. The number of rotatable bonds is 2. The van der Waals surface area contributed by atoms with Gasteiger partial charge in [-0.05, 0) is 33.3 Å². The summed E-state index contributed by atoms with van der Waals surface area (Å²) in [5.41, 5.74) is 7.92. The molecule has 0 radical (unpaired) electrons. The van der Waals surface area contributed by atoms with Gasteiger partial charge < -0.3 is 4.74 Å². The molecule has 1 aromatic rings. The molecular formula is C15H19N3O2. The lowest BCUT2D eigenvalue weighted by Gasteiger charge is -2.23. The number of azo groups is 1. The summed E-state index contributed by atoms with van der Waals surface area (Å²) in [4.78, 5) is 11.9. The molecule has 1 atom stereocenters. The second-order valence-corrected chi connectivity index (χ2v) is 5.94. The van der Waals surface area contributed by atoms with Crippen LogP contribution in [0.4, 0.5) is 0 Å². The zero-order valence-electron chi connectivity index (χ0n) is 12.2. The molecule has 1 heterocycles. The summed E-state index contributed by atoms with van der Waals surface area (Å²) in [6.45, 7) is 7.26. The van der Waals surface area contributed by atoms with Gasteiger partial charge in [-0.15, -0.1) is 10.2 Å². The predicted molar refractivity (Wildman–Crippen MR) is 76.5 cm³/mol. The van der Waals surface area contributed by atoms with Crippen LogP contribution in [0, 0.1) is 12.3 Å². The maximum Gasteiger partial charge on any atom is 0.314 e. The first-order valence-electron chi connectivity index (χ1n) is 6.45. The van der Waals surface area contributed by atoms with E-state index in [1.54, 1.807) is 26.8 Å². The Morgan fingerprint density at radius 2 is 1.95 bits per heavy atom. The molecule has 0 bridgehead atoms. The largest absolute Gasteiger partial charge is 0.417 e. The number of nitrogens with two attached hydrogens (primary N) is 1. The Labute approximate surface area is 118 Å². The maximum atomic E-state index is 11.9. The third kappa shape index (κ3) is 2.93. The zero-order chi connectivity index (χ0) is 15.0. The molecule has 106 valence electrons. The van der Waals surface area contributed by atoms with Crippen molar-refractivity contribution in [2.24, 2.45) is 21.4 Å². The number of nitrogens with zero attached hydrogens (tertiary/aromatic N) is 2. The Morgan fingerprint density at radius 1 is 1.30 bits per heavy atom. The topological polar surface area (TPSA) is 77.0 Å². The van der Waals surface area contributed by atoms with Gasteiger partial charge in [0, 0.05) is 11.6 Å².